The topological polar surface area (TPSA) is 81.2 Å². The van der Waals surface area contributed by atoms with Crippen LogP contribution in [-0.2, 0) is 6.42 Å². The van der Waals surface area contributed by atoms with E-state index in [0.29, 0.717) is 24.8 Å². The summed E-state index contributed by atoms with van der Waals surface area (Å²) in [5, 5.41) is 2.79. The summed E-state index contributed by atoms with van der Waals surface area (Å²) in [6.07, 6.45) is 1.87. The molecule has 1 amide bonds. The van der Waals surface area contributed by atoms with Crippen LogP contribution in [0.5, 0.6) is 0 Å². The summed E-state index contributed by atoms with van der Waals surface area (Å²) in [4.78, 5) is 16.1. The molecule has 106 valence electrons. The first-order valence-corrected chi connectivity index (χ1v) is 6.66. The highest BCUT2D eigenvalue weighted by atomic mass is 16.3. The molecule has 2 aromatic rings. The van der Waals surface area contributed by atoms with Gasteiger partial charge in [-0.1, -0.05) is 26.0 Å². The van der Waals surface area contributed by atoms with E-state index in [9.17, 15) is 4.79 Å². The molecule has 5 nitrogen and oxygen atoms in total. The molecule has 0 fully saturated rings. The molecule has 1 aromatic heterocycles. The van der Waals surface area contributed by atoms with Crippen molar-refractivity contribution >= 4 is 11.6 Å². The predicted molar refractivity (Wildman–Crippen MR) is 77.7 cm³/mol. The third-order valence-corrected chi connectivity index (χ3v) is 2.98. The van der Waals surface area contributed by atoms with E-state index in [4.69, 9.17) is 10.2 Å². The Morgan fingerprint density at radius 3 is 2.65 bits per heavy atom. The molecule has 1 heterocycles. The smallest absolute Gasteiger partial charge is 0.277 e. The molecule has 0 aliphatic rings. The van der Waals surface area contributed by atoms with Crippen LogP contribution in [0.25, 0.3) is 0 Å². The van der Waals surface area contributed by atoms with Crippen LogP contribution in [-0.4, -0.2) is 17.4 Å². The van der Waals surface area contributed by atoms with Gasteiger partial charge in [0.15, 0.2) is 11.6 Å². The Morgan fingerprint density at radius 1 is 1.35 bits per heavy atom. The quantitative estimate of drug-likeness (QED) is 0.877. The fourth-order valence-electron chi connectivity index (χ4n) is 1.80. The fraction of sp³-hybridized carbons (Fsp3) is 0.333. The first-order chi connectivity index (χ1) is 9.60. The van der Waals surface area contributed by atoms with Crippen molar-refractivity contribution in [3.05, 3.63) is 47.7 Å². The molecule has 0 radical (unpaired) electrons. The number of aromatic nitrogens is 1. The van der Waals surface area contributed by atoms with Crippen molar-refractivity contribution in [2.75, 3.05) is 11.9 Å². The van der Waals surface area contributed by atoms with Crippen LogP contribution in [0.15, 0.2) is 34.9 Å². The maximum absolute atomic E-state index is 12.0. The Bertz CT molecular complexity index is 573. The maximum atomic E-state index is 12.0. The van der Waals surface area contributed by atoms with Gasteiger partial charge < -0.3 is 15.5 Å². The lowest BCUT2D eigenvalue weighted by molar-refractivity contribution is 0.102. The molecule has 0 spiro atoms. The van der Waals surface area contributed by atoms with Gasteiger partial charge in [0.25, 0.3) is 5.91 Å². The van der Waals surface area contributed by atoms with Gasteiger partial charge in [-0.3, -0.25) is 4.79 Å². The van der Waals surface area contributed by atoms with Gasteiger partial charge in [-0.05, 0) is 23.6 Å². The summed E-state index contributed by atoms with van der Waals surface area (Å²) in [5.74, 6) is 0.663. The highest BCUT2D eigenvalue weighted by molar-refractivity contribution is 6.02. The van der Waals surface area contributed by atoms with E-state index in [1.807, 2.05) is 24.3 Å². The molecule has 0 saturated heterocycles. The highest BCUT2D eigenvalue weighted by Gasteiger charge is 2.12. The van der Waals surface area contributed by atoms with E-state index in [-0.39, 0.29) is 11.6 Å². The minimum absolute atomic E-state index is 0.265. The maximum Gasteiger partial charge on any atom is 0.277 e. The van der Waals surface area contributed by atoms with Crippen molar-refractivity contribution in [2.24, 2.45) is 5.73 Å². The van der Waals surface area contributed by atoms with Gasteiger partial charge in [0.2, 0.25) is 0 Å². The monoisotopic (exact) mass is 273 g/mol. The van der Waals surface area contributed by atoms with E-state index in [1.165, 1.54) is 11.8 Å². The Labute approximate surface area is 118 Å². The van der Waals surface area contributed by atoms with Gasteiger partial charge in [-0.25, -0.2) is 4.98 Å². The first kappa shape index (κ1) is 14.3. The molecular weight excluding hydrogens is 254 g/mol. The number of oxazole rings is 1. The van der Waals surface area contributed by atoms with Crippen molar-refractivity contribution < 1.29 is 9.21 Å². The average Bonchev–Trinajstić information content (AvgIpc) is 2.88. The number of amides is 1. The van der Waals surface area contributed by atoms with E-state index in [0.717, 1.165) is 5.69 Å². The van der Waals surface area contributed by atoms with Crippen LogP contribution in [0.3, 0.4) is 0 Å². The summed E-state index contributed by atoms with van der Waals surface area (Å²) in [7, 11) is 0. The molecular formula is C15H19N3O2. The van der Waals surface area contributed by atoms with Crippen molar-refractivity contribution in [3.63, 3.8) is 0 Å². The van der Waals surface area contributed by atoms with Crippen molar-refractivity contribution in [1.82, 2.24) is 4.98 Å². The van der Waals surface area contributed by atoms with Gasteiger partial charge in [-0.15, -0.1) is 0 Å². The lowest BCUT2D eigenvalue weighted by Crippen LogP contribution is -2.12. The number of hydrogen-bond acceptors (Lipinski definition) is 4. The largest absolute Gasteiger partial charge is 0.448 e. The van der Waals surface area contributed by atoms with Crippen LogP contribution < -0.4 is 11.1 Å². The van der Waals surface area contributed by atoms with Crippen LogP contribution in [0.1, 0.15) is 41.7 Å². The van der Waals surface area contributed by atoms with E-state index in [1.54, 1.807) is 0 Å². The number of nitrogens with one attached hydrogen (secondary N) is 1. The lowest BCUT2D eigenvalue weighted by Gasteiger charge is -2.07. The van der Waals surface area contributed by atoms with Gasteiger partial charge >= 0.3 is 0 Å². The number of hydrogen-bond donors (Lipinski definition) is 2. The average molecular weight is 273 g/mol. The molecule has 20 heavy (non-hydrogen) atoms. The molecule has 0 bridgehead atoms. The molecule has 3 N–H and O–H groups in total. The van der Waals surface area contributed by atoms with Crippen LogP contribution in [0.2, 0.25) is 0 Å². The number of carbonyl (C=O) groups is 1. The summed E-state index contributed by atoms with van der Waals surface area (Å²) in [5.41, 5.74) is 7.64. The van der Waals surface area contributed by atoms with Crippen molar-refractivity contribution in [1.29, 1.82) is 0 Å². The Hall–Kier alpha value is -2.14. The van der Waals surface area contributed by atoms with Gasteiger partial charge in [0.1, 0.15) is 6.26 Å². The van der Waals surface area contributed by atoms with E-state index in [2.05, 4.69) is 24.1 Å². The predicted octanol–water partition coefficient (Wildman–Crippen LogP) is 2.55. The molecule has 0 aliphatic heterocycles. The SMILES string of the molecule is CC(C)c1ccc(NC(=O)c2coc(CCN)n2)cc1. The number of anilines is 1. The molecule has 0 aliphatic carbocycles. The minimum Gasteiger partial charge on any atom is -0.448 e. The van der Waals surface area contributed by atoms with Crippen LogP contribution in [0.4, 0.5) is 5.69 Å². The van der Waals surface area contributed by atoms with E-state index < -0.39 is 0 Å². The van der Waals surface area contributed by atoms with Crippen LogP contribution in [0, 0.1) is 0 Å². The molecule has 0 saturated carbocycles. The summed E-state index contributed by atoms with van der Waals surface area (Å²) in [6.45, 7) is 4.70. The molecule has 2 rings (SSSR count). The van der Waals surface area contributed by atoms with Crippen molar-refractivity contribution in [3.8, 4) is 0 Å². The second kappa shape index (κ2) is 6.34. The lowest BCUT2D eigenvalue weighted by atomic mass is 10.0. The first-order valence-electron chi connectivity index (χ1n) is 6.66. The summed E-state index contributed by atoms with van der Waals surface area (Å²) in [6, 6.07) is 7.77. The Kier molecular flexibility index (Phi) is 4.53. The number of rotatable bonds is 5. The Balaban J connectivity index is 2.03. The fourth-order valence-corrected chi connectivity index (χ4v) is 1.80. The molecule has 5 heteroatoms. The second-order valence-electron chi connectivity index (χ2n) is 4.90. The molecule has 0 atom stereocenters. The number of carbonyl (C=O) groups excluding carboxylic acids is 1. The highest BCUT2D eigenvalue weighted by Crippen LogP contribution is 2.17. The third kappa shape index (κ3) is 3.45. The standard InChI is InChI=1S/C15H19N3O2/c1-10(2)11-3-5-12(6-4-11)17-15(19)13-9-20-14(18-13)7-8-16/h3-6,9-10H,7-8,16H2,1-2H3,(H,17,19). The van der Waals surface area contributed by atoms with Crippen molar-refractivity contribution in [2.45, 2.75) is 26.2 Å². The summed E-state index contributed by atoms with van der Waals surface area (Å²) >= 11 is 0. The molecule has 0 unspecified atom stereocenters. The minimum atomic E-state index is -0.283. The zero-order valence-electron chi connectivity index (χ0n) is 11.7. The Morgan fingerprint density at radius 2 is 2.05 bits per heavy atom. The third-order valence-electron chi connectivity index (χ3n) is 2.98. The van der Waals surface area contributed by atoms with Gasteiger partial charge in [-0.2, -0.15) is 0 Å². The summed E-state index contributed by atoms with van der Waals surface area (Å²) < 4.78 is 5.16. The van der Waals surface area contributed by atoms with Gasteiger partial charge in [0.05, 0.1) is 0 Å². The number of nitrogens with zero attached hydrogens (tertiary/aromatic N) is 1. The molecule has 1 aromatic carbocycles. The zero-order chi connectivity index (χ0) is 14.5. The van der Waals surface area contributed by atoms with Crippen LogP contribution >= 0.6 is 0 Å². The van der Waals surface area contributed by atoms with Gasteiger partial charge in [0, 0.05) is 18.7 Å². The number of nitrogens with two attached hydrogens (primary N) is 1. The second-order valence-corrected chi connectivity index (χ2v) is 4.90. The normalized spacial score (nSPS) is 10.8. The van der Waals surface area contributed by atoms with E-state index >= 15 is 0 Å². The number of benzene rings is 1. The zero-order valence-corrected chi connectivity index (χ0v) is 11.7.